The second-order valence-corrected chi connectivity index (χ2v) is 14.5. The minimum Gasteiger partial charge on any atom is -0.494 e. The van der Waals surface area contributed by atoms with E-state index in [-0.39, 0.29) is 23.9 Å². The highest BCUT2D eigenvalue weighted by atomic mass is 32.2. The molecule has 50 heavy (non-hydrogen) atoms. The van der Waals surface area contributed by atoms with E-state index in [1.54, 1.807) is 48.5 Å². The van der Waals surface area contributed by atoms with Gasteiger partial charge in [-0.3, -0.25) is 0 Å². The Hall–Kier alpha value is -3.78. The number of aliphatic hydroxyl groups is 2. The van der Waals surface area contributed by atoms with Gasteiger partial charge in [-0.1, -0.05) is 118 Å². The average Bonchev–Trinajstić information content (AvgIpc) is 3.13. The van der Waals surface area contributed by atoms with Crippen molar-refractivity contribution in [3.63, 3.8) is 0 Å². The van der Waals surface area contributed by atoms with Crippen LogP contribution in [-0.4, -0.2) is 45.1 Å². The first-order valence-electron chi connectivity index (χ1n) is 17.4. The highest BCUT2D eigenvalue weighted by Gasteiger charge is 2.24. The summed E-state index contributed by atoms with van der Waals surface area (Å²) in [7, 11) is -4.25. The van der Waals surface area contributed by atoms with Crippen LogP contribution in [-0.2, 0) is 14.9 Å². The third-order valence-corrected chi connectivity index (χ3v) is 10.4. The summed E-state index contributed by atoms with van der Waals surface area (Å²) in [4.78, 5) is 1.36. The zero-order valence-corrected chi connectivity index (χ0v) is 30.4. The first kappa shape index (κ1) is 39.0. The third-order valence-electron chi connectivity index (χ3n) is 7.91. The Kier molecular flexibility index (Phi) is 16.7. The minimum atomic E-state index is -4.25. The van der Waals surface area contributed by atoms with Gasteiger partial charge in [0.05, 0.1) is 6.61 Å². The zero-order valence-electron chi connectivity index (χ0n) is 28.8. The van der Waals surface area contributed by atoms with Gasteiger partial charge < -0.3 is 23.9 Å². The molecule has 0 fully saturated rings. The van der Waals surface area contributed by atoms with E-state index < -0.39 is 16.2 Å². The summed E-state index contributed by atoms with van der Waals surface area (Å²) < 4.78 is 44.6. The summed E-state index contributed by atoms with van der Waals surface area (Å²) in [5.74, 6) is 6.79. The van der Waals surface area contributed by atoms with Crippen LogP contribution in [0.4, 0.5) is 0 Å². The van der Waals surface area contributed by atoms with Crippen LogP contribution in [0.2, 0.25) is 0 Å². The molecule has 1 unspecified atom stereocenters. The molecule has 0 saturated heterocycles. The van der Waals surface area contributed by atoms with Crippen molar-refractivity contribution in [3.8, 4) is 34.5 Å². The van der Waals surface area contributed by atoms with Gasteiger partial charge in [-0.2, -0.15) is 8.42 Å². The maximum Gasteiger partial charge on any atom is 0.340 e. The second-order valence-electron chi connectivity index (χ2n) is 11.8. The Morgan fingerprint density at radius 3 is 2.20 bits per heavy atom. The van der Waals surface area contributed by atoms with Crippen molar-refractivity contribution >= 4 is 21.9 Å². The normalized spacial score (nSPS) is 11.8. The molecule has 4 rings (SSSR count). The van der Waals surface area contributed by atoms with Crippen molar-refractivity contribution in [3.05, 3.63) is 103 Å². The van der Waals surface area contributed by atoms with E-state index in [0.29, 0.717) is 34.8 Å². The van der Waals surface area contributed by atoms with Crippen LogP contribution in [0.15, 0.2) is 112 Å². The predicted molar refractivity (Wildman–Crippen MR) is 200 cm³/mol. The lowest BCUT2D eigenvalue weighted by Crippen LogP contribution is -2.11. The largest absolute Gasteiger partial charge is 0.494 e. The molecule has 0 aliphatic carbocycles. The quantitative estimate of drug-likeness (QED) is 0.0500. The minimum absolute atomic E-state index is 0.0149. The number of unbranched alkanes of at least 4 members (excludes halogenated alkanes) is 7. The molecule has 7 nitrogen and oxygen atoms in total. The molecule has 9 heteroatoms. The topological polar surface area (TPSA) is 102 Å². The molecule has 0 bridgehead atoms. The summed E-state index contributed by atoms with van der Waals surface area (Å²) in [5, 5.41) is 19.9. The monoisotopic (exact) mass is 716 g/mol. The van der Waals surface area contributed by atoms with E-state index in [1.165, 1.54) is 18.2 Å². The first-order valence-corrected chi connectivity index (χ1v) is 19.6. The Bertz CT molecular complexity index is 1750. The Morgan fingerprint density at radius 2 is 1.46 bits per heavy atom. The summed E-state index contributed by atoms with van der Waals surface area (Å²) in [6.45, 7) is 3.85. The van der Waals surface area contributed by atoms with Gasteiger partial charge >= 0.3 is 10.1 Å². The predicted octanol–water partition coefficient (Wildman–Crippen LogP) is 9.23. The number of benzene rings is 4. The van der Waals surface area contributed by atoms with Gasteiger partial charge in [-0.05, 0) is 78.9 Å². The van der Waals surface area contributed by atoms with Crippen molar-refractivity contribution in [1.82, 2.24) is 0 Å². The van der Waals surface area contributed by atoms with Gasteiger partial charge in [0.1, 0.15) is 29.1 Å². The molecule has 4 aromatic carbocycles. The lowest BCUT2D eigenvalue weighted by atomic mass is 9.96. The number of para-hydroxylation sites is 1. The van der Waals surface area contributed by atoms with E-state index >= 15 is 0 Å². The van der Waals surface area contributed by atoms with Crippen LogP contribution >= 0.6 is 11.8 Å². The molecule has 0 aromatic heterocycles. The standard InChI is InChI=1S/C41H48O7S2/c1-2-3-31-47-34-23-25-36(26-24-34)49-40-27-22-33(32-41(40)50(44,45)48-35-17-10-9-11-18-35)37-19-12-13-20-38(37)39(43)21-16-30-46-29-15-8-6-4-5-7-14-28-42/h9-13,17-20,22-27,32,39,42-43H,2-8,14-15,28-31H2,1H3. The van der Waals surface area contributed by atoms with Gasteiger partial charge in [-0.15, -0.1) is 0 Å². The number of rotatable bonds is 21. The van der Waals surface area contributed by atoms with Crippen LogP contribution in [0.1, 0.15) is 76.4 Å². The van der Waals surface area contributed by atoms with Crippen LogP contribution in [0.5, 0.6) is 11.5 Å². The summed E-state index contributed by atoms with van der Waals surface area (Å²) in [6, 6.07) is 28.5. The third kappa shape index (κ3) is 12.8. The maximum atomic E-state index is 13.8. The SMILES string of the molecule is CCCCOc1ccc(Sc2ccc(-c3ccccc3C(O)C#CCOCCCCCCCCCO)cc2S(=O)(=O)Oc2ccccc2)cc1. The van der Waals surface area contributed by atoms with E-state index in [1.807, 2.05) is 48.5 Å². The van der Waals surface area contributed by atoms with Gasteiger partial charge in [0.2, 0.25) is 0 Å². The van der Waals surface area contributed by atoms with Crippen molar-refractivity contribution in [1.29, 1.82) is 0 Å². The zero-order chi connectivity index (χ0) is 35.4. The average molecular weight is 717 g/mol. The van der Waals surface area contributed by atoms with Gasteiger partial charge in [0.25, 0.3) is 0 Å². The summed E-state index contributed by atoms with van der Waals surface area (Å²) in [6.07, 6.45) is 8.40. The first-order chi connectivity index (χ1) is 24.4. The smallest absolute Gasteiger partial charge is 0.340 e. The number of hydrogen-bond donors (Lipinski definition) is 2. The van der Waals surface area contributed by atoms with Crippen LogP contribution < -0.4 is 8.92 Å². The molecule has 4 aromatic rings. The highest BCUT2D eigenvalue weighted by Crippen LogP contribution is 2.38. The van der Waals surface area contributed by atoms with Crippen LogP contribution in [0.3, 0.4) is 0 Å². The number of ether oxygens (including phenoxy) is 2. The molecular formula is C41H48O7S2. The summed E-state index contributed by atoms with van der Waals surface area (Å²) in [5.41, 5.74) is 1.83. The fraction of sp³-hybridized carbons (Fsp3) is 0.366. The molecule has 0 spiro atoms. The maximum absolute atomic E-state index is 13.8. The van der Waals surface area contributed by atoms with Gasteiger partial charge in [0.15, 0.2) is 0 Å². The molecule has 2 N–H and O–H groups in total. The van der Waals surface area contributed by atoms with Gasteiger partial charge in [0, 0.05) is 28.6 Å². The molecule has 0 aliphatic heterocycles. The lowest BCUT2D eigenvalue weighted by molar-refractivity contribution is 0.161. The molecule has 0 radical (unpaired) electrons. The van der Waals surface area contributed by atoms with E-state index in [4.69, 9.17) is 18.8 Å². The van der Waals surface area contributed by atoms with E-state index in [0.717, 1.165) is 62.0 Å². The number of hydrogen-bond acceptors (Lipinski definition) is 8. The van der Waals surface area contributed by atoms with Gasteiger partial charge in [-0.25, -0.2) is 0 Å². The van der Waals surface area contributed by atoms with E-state index in [9.17, 15) is 13.5 Å². The Morgan fingerprint density at radius 1 is 0.760 bits per heavy atom. The molecular weight excluding hydrogens is 669 g/mol. The van der Waals surface area contributed by atoms with Crippen molar-refractivity contribution in [2.45, 2.75) is 85.5 Å². The summed E-state index contributed by atoms with van der Waals surface area (Å²) >= 11 is 1.32. The molecule has 1 atom stereocenters. The van der Waals surface area contributed by atoms with E-state index in [2.05, 4.69) is 18.8 Å². The molecule has 0 amide bonds. The van der Waals surface area contributed by atoms with Crippen LogP contribution in [0.25, 0.3) is 11.1 Å². The van der Waals surface area contributed by atoms with Crippen molar-refractivity contribution in [2.24, 2.45) is 0 Å². The Balaban J connectivity index is 1.49. The fourth-order valence-corrected chi connectivity index (χ4v) is 7.50. The molecule has 0 saturated carbocycles. The highest BCUT2D eigenvalue weighted by molar-refractivity contribution is 8.00. The fourth-order valence-electron chi connectivity index (χ4n) is 5.21. The van der Waals surface area contributed by atoms with Crippen LogP contribution in [0, 0.1) is 11.8 Å². The lowest BCUT2D eigenvalue weighted by Gasteiger charge is -2.16. The molecule has 266 valence electrons. The Labute approximate surface area is 302 Å². The number of aliphatic hydroxyl groups excluding tert-OH is 2. The second kappa shape index (κ2) is 21.4. The van der Waals surface area contributed by atoms with Crippen molar-refractivity contribution < 1.29 is 32.3 Å². The van der Waals surface area contributed by atoms with Crippen molar-refractivity contribution in [2.75, 3.05) is 26.4 Å². The molecule has 0 heterocycles. The molecule has 0 aliphatic rings.